The highest BCUT2D eigenvalue weighted by Crippen LogP contribution is 2.25. The summed E-state index contributed by atoms with van der Waals surface area (Å²) in [4.78, 5) is 13.9. The molecular weight excluding hydrogens is 298 g/mol. The van der Waals surface area contributed by atoms with Gasteiger partial charge in [-0.05, 0) is 35.0 Å². The third kappa shape index (κ3) is 3.23. The van der Waals surface area contributed by atoms with E-state index in [0.29, 0.717) is 32.1 Å². The van der Waals surface area contributed by atoms with Gasteiger partial charge in [0.2, 0.25) is 0 Å². The second-order valence-corrected chi connectivity index (χ2v) is 4.98. The predicted octanol–water partition coefficient (Wildman–Crippen LogP) is 2.08. The van der Waals surface area contributed by atoms with Gasteiger partial charge in [0.25, 0.3) is 5.91 Å². The lowest BCUT2D eigenvalue weighted by molar-refractivity contribution is -0.142. The van der Waals surface area contributed by atoms with E-state index >= 15 is 0 Å². The maximum atomic E-state index is 12.1. The van der Waals surface area contributed by atoms with E-state index in [1.165, 1.54) is 0 Å². The zero-order valence-corrected chi connectivity index (χ0v) is 11.9. The molecular formula is C13H16BrNO3. The fourth-order valence-corrected chi connectivity index (χ4v) is 2.20. The van der Waals surface area contributed by atoms with E-state index in [-0.39, 0.29) is 5.91 Å². The van der Waals surface area contributed by atoms with Crippen LogP contribution in [0.3, 0.4) is 0 Å². The molecule has 0 aliphatic carbocycles. The van der Waals surface area contributed by atoms with E-state index in [9.17, 15) is 4.79 Å². The number of para-hydroxylation sites is 1. The topological polar surface area (TPSA) is 38.8 Å². The Morgan fingerprint density at radius 3 is 2.72 bits per heavy atom. The smallest absolute Gasteiger partial charge is 0.263 e. The first-order valence-electron chi connectivity index (χ1n) is 5.96. The van der Waals surface area contributed by atoms with Crippen LogP contribution in [-0.2, 0) is 9.53 Å². The summed E-state index contributed by atoms with van der Waals surface area (Å²) < 4.78 is 11.8. The quantitative estimate of drug-likeness (QED) is 0.857. The van der Waals surface area contributed by atoms with Crippen LogP contribution < -0.4 is 4.74 Å². The number of carbonyl (C=O) groups excluding carboxylic acids is 1. The predicted molar refractivity (Wildman–Crippen MR) is 71.6 cm³/mol. The molecule has 1 saturated heterocycles. The number of ether oxygens (including phenoxy) is 2. The van der Waals surface area contributed by atoms with Crippen LogP contribution >= 0.6 is 15.9 Å². The lowest BCUT2D eigenvalue weighted by Gasteiger charge is -2.29. The van der Waals surface area contributed by atoms with Gasteiger partial charge in [0.15, 0.2) is 6.10 Å². The average Bonchev–Trinajstić information content (AvgIpc) is 2.41. The van der Waals surface area contributed by atoms with Crippen molar-refractivity contribution < 1.29 is 14.3 Å². The van der Waals surface area contributed by atoms with Gasteiger partial charge in [0.05, 0.1) is 17.7 Å². The highest BCUT2D eigenvalue weighted by molar-refractivity contribution is 9.10. The fraction of sp³-hybridized carbons (Fsp3) is 0.462. The van der Waals surface area contributed by atoms with Gasteiger partial charge in [-0.1, -0.05) is 12.1 Å². The third-order valence-electron chi connectivity index (χ3n) is 2.81. The SMILES string of the molecule is CC(Oc1ccccc1Br)C(=O)N1CCOCC1. The molecule has 1 amide bonds. The van der Waals surface area contributed by atoms with Crippen LogP contribution in [0.5, 0.6) is 5.75 Å². The largest absolute Gasteiger partial charge is 0.480 e. The summed E-state index contributed by atoms with van der Waals surface area (Å²) in [5.74, 6) is 0.695. The molecule has 0 aromatic heterocycles. The number of carbonyl (C=O) groups is 1. The van der Waals surface area contributed by atoms with E-state index in [1.807, 2.05) is 24.3 Å². The van der Waals surface area contributed by atoms with Crippen molar-refractivity contribution in [2.75, 3.05) is 26.3 Å². The van der Waals surface area contributed by atoms with Crippen molar-refractivity contribution in [2.24, 2.45) is 0 Å². The van der Waals surface area contributed by atoms with Gasteiger partial charge in [-0.25, -0.2) is 0 Å². The summed E-state index contributed by atoms with van der Waals surface area (Å²) in [7, 11) is 0. The van der Waals surface area contributed by atoms with Crippen LogP contribution in [-0.4, -0.2) is 43.2 Å². The molecule has 1 aliphatic heterocycles. The maximum absolute atomic E-state index is 12.1. The summed E-state index contributed by atoms with van der Waals surface area (Å²) in [6.07, 6.45) is -0.484. The Bertz CT molecular complexity index is 418. The zero-order chi connectivity index (χ0) is 13.0. The molecule has 4 nitrogen and oxygen atoms in total. The normalized spacial score (nSPS) is 17.3. The Hall–Kier alpha value is -1.07. The highest BCUT2D eigenvalue weighted by atomic mass is 79.9. The molecule has 1 heterocycles. The molecule has 18 heavy (non-hydrogen) atoms. The fourth-order valence-electron chi connectivity index (χ4n) is 1.82. The lowest BCUT2D eigenvalue weighted by atomic mass is 10.3. The van der Waals surface area contributed by atoms with E-state index in [1.54, 1.807) is 11.8 Å². The van der Waals surface area contributed by atoms with Gasteiger partial charge in [0.1, 0.15) is 5.75 Å². The van der Waals surface area contributed by atoms with Crippen molar-refractivity contribution in [3.8, 4) is 5.75 Å². The van der Waals surface area contributed by atoms with Gasteiger partial charge in [0, 0.05) is 13.1 Å². The van der Waals surface area contributed by atoms with Gasteiger partial charge >= 0.3 is 0 Å². The standard InChI is InChI=1S/C13H16BrNO3/c1-10(13(16)15-6-8-17-9-7-15)18-12-5-3-2-4-11(12)14/h2-5,10H,6-9H2,1H3. The number of morpholine rings is 1. The second kappa shape index (κ2) is 6.20. The van der Waals surface area contributed by atoms with Crippen molar-refractivity contribution in [3.05, 3.63) is 28.7 Å². The minimum Gasteiger partial charge on any atom is -0.480 e. The first-order valence-corrected chi connectivity index (χ1v) is 6.75. The van der Waals surface area contributed by atoms with Crippen LogP contribution in [0, 0.1) is 0 Å². The summed E-state index contributed by atoms with van der Waals surface area (Å²) in [6.45, 7) is 4.27. The van der Waals surface area contributed by atoms with Gasteiger partial charge in [-0.2, -0.15) is 0 Å². The molecule has 0 spiro atoms. The number of halogens is 1. The summed E-state index contributed by atoms with van der Waals surface area (Å²) in [5.41, 5.74) is 0. The zero-order valence-electron chi connectivity index (χ0n) is 10.3. The van der Waals surface area contributed by atoms with E-state index in [4.69, 9.17) is 9.47 Å². The van der Waals surface area contributed by atoms with E-state index in [2.05, 4.69) is 15.9 Å². The maximum Gasteiger partial charge on any atom is 0.263 e. The van der Waals surface area contributed by atoms with Gasteiger partial charge in [-0.3, -0.25) is 4.79 Å². The Morgan fingerprint density at radius 2 is 2.06 bits per heavy atom. The number of hydrogen-bond acceptors (Lipinski definition) is 3. The molecule has 2 rings (SSSR count). The number of benzene rings is 1. The summed E-state index contributed by atoms with van der Waals surface area (Å²) in [5, 5.41) is 0. The molecule has 1 fully saturated rings. The Morgan fingerprint density at radius 1 is 1.39 bits per heavy atom. The van der Waals surface area contributed by atoms with Gasteiger partial charge in [-0.15, -0.1) is 0 Å². The molecule has 5 heteroatoms. The van der Waals surface area contributed by atoms with Crippen LogP contribution in [0.4, 0.5) is 0 Å². The van der Waals surface area contributed by atoms with Crippen LogP contribution in [0.1, 0.15) is 6.92 Å². The van der Waals surface area contributed by atoms with Crippen molar-refractivity contribution in [1.82, 2.24) is 4.90 Å². The van der Waals surface area contributed by atoms with Gasteiger partial charge < -0.3 is 14.4 Å². The lowest BCUT2D eigenvalue weighted by Crippen LogP contribution is -2.46. The molecule has 98 valence electrons. The summed E-state index contributed by atoms with van der Waals surface area (Å²) in [6, 6.07) is 7.52. The molecule has 1 aromatic carbocycles. The number of amides is 1. The highest BCUT2D eigenvalue weighted by Gasteiger charge is 2.24. The first kappa shape index (κ1) is 13.4. The molecule has 1 aliphatic rings. The molecule has 1 unspecified atom stereocenters. The van der Waals surface area contributed by atoms with Crippen LogP contribution in [0.15, 0.2) is 28.7 Å². The number of hydrogen-bond donors (Lipinski definition) is 0. The molecule has 1 atom stereocenters. The Balaban J connectivity index is 1.96. The Kier molecular flexibility index (Phi) is 4.60. The summed E-state index contributed by atoms with van der Waals surface area (Å²) >= 11 is 3.40. The van der Waals surface area contributed by atoms with E-state index < -0.39 is 6.10 Å². The minimum absolute atomic E-state index is 0.00838. The number of nitrogens with zero attached hydrogens (tertiary/aromatic N) is 1. The monoisotopic (exact) mass is 313 g/mol. The van der Waals surface area contributed by atoms with Crippen LogP contribution in [0.2, 0.25) is 0 Å². The molecule has 1 aromatic rings. The van der Waals surface area contributed by atoms with Crippen molar-refractivity contribution in [1.29, 1.82) is 0 Å². The average molecular weight is 314 g/mol. The number of rotatable bonds is 3. The first-order chi connectivity index (χ1) is 8.68. The van der Waals surface area contributed by atoms with Crippen molar-refractivity contribution >= 4 is 21.8 Å². The molecule has 0 saturated carbocycles. The third-order valence-corrected chi connectivity index (χ3v) is 3.47. The van der Waals surface area contributed by atoms with Crippen LogP contribution in [0.25, 0.3) is 0 Å². The molecule has 0 bridgehead atoms. The Labute approximate surface area is 115 Å². The molecule has 0 radical (unpaired) electrons. The van der Waals surface area contributed by atoms with Crippen molar-refractivity contribution in [2.45, 2.75) is 13.0 Å². The minimum atomic E-state index is -0.484. The van der Waals surface area contributed by atoms with Crippen molar-refractivity contribution in [3.63, 3.8) is 0 Å². The second-order valence-electron chi connectivity index (χ2n) is 4.13. The molecule has 0 N–H and O–H groups in total. The van der Waals surface area contributed by atoms with E-state index in [0.717, 1.165) is 4.47 Å².